The first-order valence-corrected chi connectivity index (χ1v) is 8.03. The lowest BCUT2D eigenvalue weighted by atomic mass is 9.98. The van der Waals surface area contributed by atoms with Gasteiger partial charge in [-0.05, 0) is 44.5 Å². The third-order valence-corrected chi connectivity index (χ3v) is 3.86. The summed E-state index contributed by atoms with van der Waals surface area (Å²) in [6, 6.07) is 5.13. The van der Waals surface area contributed by atoms with Crippen molar-refractivity contribution in [3.8, 4) is 5.75 Å². The Morgan fingerprint density at radius 1 is 1.39 bits per heavy atom. The summed E-state index contributed by atoms with van der Waals surface area (Å²) in [5.41, 5.74) is 1.07. The number of piperidine rings is 1. The van der Waals surface area contributed by atoms with Crippen molar-refractivity contribution >= 4 is 17.5 Å². The third kappa shape index (κ3) is 4.45. The Labute approximate surface area is 137 Å². The van der Waals surface area contributed by atoms with E-state index in [-0.39, 0.29) is 17.7 Å². The number of carbonyl (C=O) groups excluding carboxylic acids is 2. The van der Waals surface area contributed by atoms with Crippen LogP contribution in [0.3, 0.4) is 0 Å². The van der Waals surface area contributed by atoms with Gasteiger partial charge in [-0.25, -0.2) is 0 Å². The van der Waals surface area contributed by atoms with Crippen LogP contribution in [0.5, 0.6) is 5.75 Å². The quantitative estimate of drug-likeness (QED) is 0.867. The number of hydrogen-bond acceptors (Lipinski definition) is 4. The average molecular weight is 319 g/mol. The molecule has 6 nitrogen and oxygen atoms in total. The van der Waals surface area contributed by atoms with Gasteiger partial charge >= 0.3 is 0 Å². The van der Waals surface area contributed by atoms with Gasteiger partial charge < -0.3 is 20.3 Å². The maximum atomic E-state index is 12.4. The van der Waals surface area contributed by atoms with Crippen LogP contribution in [0.2, 0.25) is 0 Å². The molecule has 1 atom stereocenters. The monoisotopic (exact) mass is 319 g/mol. The maximum absolute atomic E-state index is 12.4. The molecule has 126 valence electrons. The molecule has 2 rings (SSSR count). The van der Waals surface area contributed by atoms with Crippen LogP contribution in [-0.4, -0.2) is 50.5 Å². The molecule has 0 aliphatic carbocycles. The lowest BCUT2D eigenvalue weighted by Gasteiger charge is -2.23. The van der Waals surface area contributed by atoms with Gasteiger partial charge in [-0.1, -0.05) is 0 Å². The highest BCUT2D eigenvalue weighted by Crippen LogP contribution is 2.27. The smallest absolute Gasteiger partial charge is 0.253 e. The van der Waals surface area contributed by atoms with E-state index >= 15 is 0 Å². The fourth-order valence-corrected chi connectivity index (χ4v) is 2.61. The van der Waals surface area contributed by atoms with Gasteiger partial charge in [0.1, 0.15) is 5.75 Å². The van der Waals surface area contributed by atoms with Crippen molar-refractivity contribution in [3.05, 3.63) is 23.8 Å². The molecule has 1 saturated heterocycles. The Balaban J connectivity index is 2.20. The second-order valence-corrected chi connectivity index (χ2v) is 5.88. The summed E-state index contributed by atoms with van der Waals surface area (Å²) < 4.78 is 5.57. The fraction of sp³-hybridized carbons (Fsp3) is 0.529. The first-order valence-electron chi connectivity index (χ1n) is 8.03. The zero-order chi connectivity index (χ0) is 16.8. The number of nitrogens with zero attached hydrogens (tertiary/aromatic N) is 1. The molecule has 0 radical (unpaired) electrons. The molecule has 2 amide bonds. The van der Waals surface area contributed by atoms with Gasteiger partial charge in [0.05, 0.1) is 18.2 Å². The van der Waals surface area contributed by atoms with Crippen molar-refractivity contribution in [2.24, 2.45) is 5.92 Å². The minimum absolute atomic E-state index is 0.0346. The standard InChI is InChI=1S/C17H25N3O3/c1-4-23-15-8-7-12(17(22)20(2)3)10-14(15)19-16(21)13-6-5-9-18-11-13/h7-8,10,13,18H,4-6,9,11H2,1-3H3,(H,19,21). The molecule has 1 aliphatic rings. The molecular weight excluding hydrogens is 294 g/mol. The first kappa shape index (κ1) is 17.3. The predicted octanol–water partition coefficient (Wildman–Crippen LogP) is 1.73. The van der Waals surface area contributed by atoms with Crippen molar-refractivity contribution in [3.63, 3.8) is 0 Å². The number of carbonyl (C=O) groups is 2. The Hall–Kier alpha value is -2.08. The van der Waals surface area contributed by atoms with Crippen LogP contribution in [0.1, 0.15) is 30.1 Å². The molecule has 2 N–H and O–H groups in total. The van der Waals surface area contributed by atoms with E-state index in [0.717, 1.165) is 19.4 Å². The minimum Gasteiger partial charge on any atom is -0.492 e. The molecule has 0 spiro atoms. The Bertz CT molecular complexity index is 566. The molecule has 1 aliphatic heterocycles. The molecule has 1 aromatic carbocycles. The fourth-order valence-electron chi connectivity index (χ4n) is 2.61. The van der Waals surface area contributed by atoms with Crippen LogP contribution in [-0.2, 0) is 4.79 Å². The van der Waals surface area contributed by atoms with Crippen molar-refractivity contribution in [1.82, 2.24) is 10.2 Å². The van der Waals surface area contributed by atoms with Gasteiger partial charge in [0.25, 0.3) is 5.91 Å². The topological polar surface area (TPSA) is 70.7 Å². The average Bonchev–Trinajstić information content (AvgIpc) is 2.56. The van der Waals surface area contributed by atoms with E-state index in [1.807, 2.05) is 6.92 Å². The number of rotatable bonds is 5. The Morgan fingerprint density at radius 3 is 2.78 bits per heavy atom. The van der Waals surface area contributed by atoms with Gasteiger partial charge in [0.15, 0.2) is 0 Å². The van der Waals surface area contributed by atoms with E-state index in [1.165, 1.54) is 4.90 Å². The second-order valence-electron chi connectivity index (χ2n) is 5.88. The largest absolute Gasteiger partial charge is 0.492 e. The zero-order valence-corrected chi connectivity index (χ0v) is 14.0. The van der Waals surface area contributed by atoms with Gasteiger partial charge in [0, 0.05) is 26.2 Å². The SMILES string of the molecule is CCOc1ccc(C(=O)N(C)C)cc1NC(=O)C1CCCNC1. The molecule has 1 aromatic rings. The lowest BCUT2D eigenvalue weighted by molar-refractivity contribution is -0.120. The summed E-state index contributed by atoms with van der Waals surface area (Å²) in [6.07, 6.45) is 1.87. The van der Waals surface area contributed by atoms with Gasteiger partial charge in [-0.3, -0.25) is 9.59 Å². The van der Waals surface area contributed by atoms with Gasteiger partial charge in [-0.2, -0.15) is 0 Å². The Kier molecular flexibility index (Phi) is 5.98. The van der Waals surface area contributed by atoms with E-state index in [4.69, 9.17) is 4.74 Å². The highest BCUT2D eigenvalue weighted by atomic mass is 16.5. The summed E-state index contributed by atoms with van der Waals surface area (Å²) in [5.74, 6) is 0.391. The normalized spacial score (nSPS) is 17.4. The summed E-state index contributed by atoms with van der Waals surface area (Å²) in [6.45, 7) is 4.03. The van der Waals surface area contributed by atoms with Crippen LogP contribution in [0.25, 0.3) is 0 Å². The minimum atomic E-state index is -0.108. The highest BCUT2D eigenvalue weighted by Gasteiger charge is 2.22. The van der Waals surface area contributed by atoms with Gasteiger partial charge in [0.2, 0.25) is 5.91 Å². The van der Waals surface area contributed by atoms with Crippen LogP contribution in [0.4, 0.5) is 5.69 Å². The molecule has 0 bridgehead atoms. The van der Waals surface area contributed by atoms with E-state index in [2.05, 4.69) is 10.6 Å². The number of nitrogens with one attached hydrogen (secondary N) is 2. The molecule has 0 aromatic heterocycles. The maximum Gasteiger partial charge on any atom is 0.253 e. The zero-order valence-electron chi connectivity index (χ0n) is 14.0. The van der Waals surface area contributed by atoms with Crippen molar-refractivity contribution in [1.29, 1.82) is 0 Å². The van der Waals surface area contributed by atoms with E-state index in [1.54, 1.807) is 32.3 Å². The number of hydrogen-bond donors (Lipinski definition) is 2. The van der Waals surface area contributed by atoms with Crippen LogP contribution in [0.15, 0.2) is 18.2 Å². The van der Waals surface area contributed by atoms with Crippen molar-refractivity contribution in [2.75, 3.05) is 39.1 Å². The molecule has 0 saturated carbocycles. The van der Waals surface area contributed by atoms with Gasteiger partial charge in [-0.15, -0.1) is 0 Å². The molecule has 1 fully saturated rings. The number of amides is 2. The van der Waals surface area contributed by atoms with Crippen LogP contribution >= 0.6 is 0 Å². The molecular formula is C17H25N3O3. The van der Waals surface area contributed by atoms with E-state index in [0.29, 0.717) is 30.2 Å². The molecule has 23 heavy (non-hydrogen) atoms. The Morgan fingerprint density at radius 2 is 2.17 bits per heavy atom. The number of ether oxygens (including phenoxy) is 1. The summed E-state index contributed by atoms with van der Waals surface area (Å²) in [7, 11) is 3.40. The van der Waals surface area contributed by atoms with Crippen molar-refractivity contribution < 1.29 is 14.3 Å². The molecule has 1 unspecified atom stereocenters. The van der Waals surface area contributed by atoms with E-state index < -0.39 is 0 Å². The molecule has 1 heterocycles. The first-order chi connectivity index (χ1) is 11.0. The summed E-state index contributed by atoms with van der Waals surface area (Å²) in [4.78, 5) is 26.1. The van der Waals surface area contributed by atoms with Crippen molar-refractivity contribution in [2.45, 2.75) is 19.8 Å². The van der Waals surface area contributed by atoms with Crippen LogP contribution < -0.4 is 15.4 Å². The van der Waals surface area contributed by atoms with E-state index in [9.17, 15) is 9.59 Å². The second kappa shape index (κ2) is 7.97. The summed E-state index contributed by atoms with van der Waals surface area (Å²) in [5, 5.41) is 6.16. The number of anilines is 1. The van der Waals surface area contributed by atoms with Crippen LogP contribution in [0, 0.1) is 5.92 Å². The summed E-state index contributed by atoms with van der Waals surface area (Å²) >= 11 is 0. The molecule has 6 heteroatoms. The lowest BCUT2D eigenvalue weighted by Crippen LogP contribution is -2.37. The predicted molar refractivity (Wildman–Crippen MR) is 89.9 cm³/mol. The highest BCUT2D eigenvalue weighted by molar-refractivity contribution is 5.98. The third-order valence-electron chi connectivity index (χ3n) is 3.86. The number of benzene rings is 1.